The molecule has 0 atom stereocenters. The number of aryl methyl sites for hydroxylation is 1. The molecule has 0 aliphatic heterocycles. The highest BCUT2D eigenvalue weighted by Crippen LogP contribution is 2.23. The van der Waals surface area contributed by atoms with Crippen molar-refractivity contribution in [1.29, 1.82) is 0 Å². The van der Waals surface area contributed by atoms with Gasteiger partial charge in [-0.2, -0.15) is 0 Å². The zero-order valence-electron chi connectivity index (χ0n) is 20.1. The minimum atomic E-state index is -0.785. The molecule has 0 saturated carbocycles. The maximum Gasteiger partial charge on any atom is 0.303 e. The number of benzene rings is 2. The standard InChI is InChI=1S/C28H28N2O6/c1-20-25(29-28(36-20)26-11-7-17-33-26)19-34-23-15-13-21(14-16-23)18-35-30-24(10-5-6-12-27(31)32)22-8-3-2-4-9-22/h2-4,7-9,11,13-17H,5-6,10,12,18-19H2,1H3,(H,31,32)/b30-24+. The van der Waals surface area contributed by atoms with Crippen molar-refractivity contribution in [2.24, 2.45) is 5.16 Å². The molecule has 186 valence electrons. The summed E-state index contributed by atoms with van der Waals surface area (Å²) in [6.45, 7) is 2.42. The molecule has 0 unspecified atom stereocenters. The van der Waals surface area contributed by atoms with Gasteiger partial charge < -0.3 is 23.5 Å². The van der Waals surface area contributed by atoms with Crippen LogP contribution < -0.4 is 4.74 Å². The first-order valence-corrected chi connectivity index (χ1v) is 11.8. The van der Waals surface area contributed by atoms with E-state index in [2.05, 4.69) is 10.1 Å². The molecule has 1 N–H and O–H groups in total. The van der Waals surface area contributed by atoms with Gasteiger partial charge in [-0.1, -0.05) is 47.6 Å². The van der Waals surface area contributed by atoms with Gasteiger partial charge >= 0.3 is 5.97 Å². The van der Waals surface area contributed by atoms with Crippen molar-refractivity contribution < 1.29 is 28.3 Å². The molecular weight excluding hydrogens is 460 g/mol. The van der Waals surface area contributed by atoms with Gasteiger partial charge in [0.2, 0.25) is 0 Å². The number of ether oxygens (including phenoxy) is 1. The summed E-state index contributed by atoms with van der Waals surface area (Å²) in [6.07, 6.45) is 3.70. The Kier molecular flexibility index (Phi) is 8.53. The zero-order chi connectivity index (χ0) is 25.2. The Labute approximate surface area is 209 Å². The number of hydrogen-bond acceptors (Lipinski definition) is 7. The van der Waals surface area contributed by atoms with Gasteiger partial charge in [0.05, 0.1) is 12.0 Å². The Morgan fingerprint density at radius 2 is 1.75 bits per heavy atom. The largest absolute Gasteiger partial charge is 0.487 e. The molecule has 0 radical (unpaired) electrons. The first-order chi connectivity index (χ1) is 17.6. The molecular formula is C28H28N2O6. The highest BCUT2D eigenvalue weighted by Gasteiger charge is 2.14. The minimum absolute atomic E-state index is 0.152. The normalized spacial score (nSPS) is 11.4. The second-order valence-electron chi connectivity index (χ2n) is 8.21. The summed E-state index contributed by atoms with van der Waals surface area (Å²) in [5.74, 6) is 1.61. The summed E-state index contributed by atoms with van der Waals surface area (Å²) in [5, 5.41) is 13.2. The molecule has 0 aliphatic rings. The van der Waals surface area contributed by atoms with E-state index in [1.54, 1.807) is 18.4 Å². The summed E-state index contributed by atoms with van der Waals surface area (Å²) in [4.78, 5) is 20.9. The number of carboxylic acids is 1. The number of nitrogens with zero attached hydrogens (tertiary/aromatic N) is 2. The third-order valence-corrected chi connectivity index (χ3v) is 5.49. The van der Waals surface area contributed by atoms with E-state index in [0.29, 0.717) is 48.3 Å². The van der Waals surface area contributed by atoms with Crippen LogP contribution in [0.2, 0.25) is 0 Å². The van der Waals surface area contributed by atoms with Crippen LogP contribution >= 0.6 is 0 Å². The average Bonchev–Trinajstić information content (AvgIpc) is 3.55. The predicted molar refractivity (Wildman–Crippen MR) is 134 cm³/mol. The molecule has 0 aliphatic carbocycles. The van der Waals surface area contributed by atoms with Gasteiger partial charge in [0.1, 0.15) is 30.4 Å². The van der Waals surface area contributed by atoms with E-state index in [0.717, 1.165) is 23.3 Å². The summed E-state index contributed by atoms with van der Waals surface area (Å²) < 4.78 is 16.9. The number of oxazole rings is 1. The first kappa shape index (κ1) is 24.8. The van der Waals surface area contributed by atoms with E-state index in [4.69, 9.17) is 23.5 Å². The maximum atomic E-state index is 10.8. The number of carboxylic acid groups (broad SMARTS) is 1. The number of aromatic nitrogens is 1. The molecule has 36 heavy (non-hydrogen) atoms. The van der Waals surface area contributed by atoms with Gasteiger partial charge in [-0.3, -0.25) is 4.79 Å². The van der Waals surface area contributed by atoms with Crippen LogP contribution in [0, 0.1) is 6.92 Å². The Balaban J connectivity index is 1.30. The molecule has 4 rings (SSSR count). The third kappa shape index (κ3) is 7.09. The van der Waals surface area contributed by atoms with Gasteiger partial charge in [0, 0.05) is 6.42 Å². The highest BCUT2D eigenvalue weighted by atomic mass is 16.6. The van der Waals surface area contributed by atoms with Crippen LogP contribution in [0.15, 0.2) is 87.0 Å². The van der Waals surface area contributed by atoms with Crippen LogP contribution in [0.3, 0.4) is 0 Å². The Morgan fingerprint density at radius 3 is 2.47 bits per heavy atom. The van der Waals surface area contributed by atoms with Gasteiger partial charge in [0.15, 0.2) is 5.76 Å². The lowest BCUT2D eigenvalue weighted by molar-refractivity contribution is -0.137. The molecule has 8 heteroatoms. The number of oxime groups is 1. The summed E-state index contributed by atoms with van der Waals surface area (Å²) in [5.41, 5.74) is 3.43. The molecule has 0 saturated heterocycles. The van der Waals surface area contributed by atoms with Crippen LogP contribution in [-0.4, -0.2) is 21.8 Å². The van der Waals surface area contributed by atoms with Gasteiger partial charge in [-0.25, -0.2) is 4.98 Å². The Hall–Kier alpha value is -4.33. The molecule has 8 nitrogen and oxygen atoms in total. The fraction of sp³-hybridized carbons (Fsp3) is 0.250. The van der Waals surface area contributed by atoms with E-state index < -0.39 is 5.97 Å². The third-order valence-electron chi connectivity index (χ3n) is 5.49. The molecule has 4 aromatic rings. The summed E-state index contributed by atoms with van der Waals surface area (Å²) in [7, 11) is 0. The van der Waals surface area contributed by atoms with E-state index in [1.165, 1.54) is 0 Å². The molecule has 0 fully saturated rings. The summed E-state index contributed by atoms with van der Waals surface area (Å²) >= 11 is 0. The smallest absolute Gasteiger partial charge is 0.303 e. The van der Waals surface area contributed by atoms with Crippen molar-refractivity contribution >= 4 is 11.7 Å². The number of aliphatic carboxylic acids is 1. The highest BCUT2D eigenvalue weighted by molar-refractivity contribution is 6.00. The van der Waals surface area contributed by atoms with E-state index in [1.807, 2.05) is 61.5 Å². The monoisotopic (exact) mass is 488 g/mol. The van der Waals surface area contributed by atoms with Crippen molar-refractivity contribution in [3.05, 3.63) is 95.6 Å². The average molecular weight is 489 g/mol. The van der Waals surface area contributed by atoms with Crippen molar-refractivity contribution in [2.45, 2.75) is 45.8 Å². The zero-order valence-corrected chi connectivity index (χ0v) is 20.1. The van der Waals surface area contributed by atoms with Crippen LogP contribution in [-0.2, 0) is 22.8 Å². The quantitative estimate of drug-likeness (QED) is 0.132. The van der Waals surface area contributed by atoms with Gasteiger partial charge in [0.25, 0.3) is 5.89 Å². The van der Waals surface area contributed by atoms with E-state index in [9.17, 15) is 4.79 Å². The fourth-order valence-corrected chi connectivity index (χ4v) is 3.53. The van der Waals surface area contributed by atoms with Crippen molar-refractivity contribution in [3.8, 4) is 17.4 Å². The molecule has 2 heterocycles. The lowest BCUT2D eigenvalue weighted by Gasteiger charge is -2.08. The first-order valence-electron chi connectivity index (χ1n) is 11.8. The minimum Gasteiger partial charge on any atom is -0.487 e. The molecule has 0 spiro atoms. The van der Waals surface area contributed by atoms with Crippen molar-refractivity contribution in [3.63, 3.8) is 0 Å². The molecule has 2 aromatic heterocycles. The second-order valence-corrected chi connectivity index (χ2v) is 8.21. The fourth-order valence-electron chi connectivity index (χ4n) is 3.53. The molecule has 0 amide bonds. The number of furan rings is 1. The van der Waals surface area contributed by atoms with Gasteiger partial charge in [-0.15, -0.1) is 0 Å². The lowest BCUT2D eigenvalue weighted by Crippen LogP contribution is -2.03. The molecule has 2 aromatic carbocycles. The number of hydrogen-bond donors (Lipinski definition) is 1. The summed E-state index contributed by atoms with van der Waals surface area (Å²) in [6, 6.07) is 20.9. The number of unbranched alkanes of at least 4 members (excludes halogenated alkanes) is 1. The van der Waals surface area contributed by atoms with Crippen molar-refractivity contribution in [2.75, 3.05) is 0 Å². The van der Waals surface area contributed by atoms with Crippen LogP contribution in [0.5, 0.6) is 5.75 Å². The van der Waals surface area contributed by atoms with Crippen molar-refractivity contribution in [1.82, 2.24) is 4.98 Å². The Bertz CT molecular complexity index is 1260. The van der Waals surface area contributed by atoms with Crippen LogP contribution in [0.4, 0.5) is 0 Å². The second kappa shape index (κ2) is 12.4. The van der Waals surface area contributed by atoms with E-state index >= 15 is 0 Å². The topological polar surface area (TPSA) is 107 Å². The van der Waals surface area contributed by atoms with Gasteiger partial charge in [-0.05, 0) is 61.6 Å². The lowest BCUT2D eigenvalue weighted by atomic mass is 10.0. The maximum absolute atomic E-state index is 10.8. The van der Waals surface area contributed by atoms with E-state index in [-0.39, 0.29) is 13.0 Å². The van der Waals surface area contributed by atoms with Crippen LogP contribution in [0.1, 0.15) is 48.3 Å². The molecule has 0 bridgehead atoms. The predicted octanol–water partition coefficient (Wildman–Crippen LogP) is 6.39. The Morgan fingerprint density at radius 1 is 0.972 bits per heavy atom. The SMILES string of the molecule is Cc1oc(-c2ccco2)nc1COc1ccc(CO/N=C(\CCCCC(=O)O)c2ccccc2)cc1. The number of carbonyl (C=O) groups is 1. The number of rotatable bonds is 13. The van der Waals surface area contributed by atoms with Crippen LogP contribution in [0.25, 0.3) is 11.7 Å².